The summed E-state index contributed by atoms with van der Waals surface area (Å²) < 4.78 is 0.925. The standard InChI is InChI=1S/C12H15BrN2O/c1-7-5-9(7)12(16)15(2)11-4-3-8(13)6-10(11)14/h3-4,6-7,9H,5,14H2,1-2H3. The van der Waals surface area contributed by atoms with E-state index < -0.39 is 0 Å². The zero-order chi connectivity index (χ0) is 11.9. The molecule has 1 aromatic carbocycles. The molecule has 0 spiro atoms. The lowest BCUT2D eigenvalue weighted by Gasteiger charge is -2.19. The van der Waals surface area contributed by atoms with Gasteiger partial charge < -0.3 is 10.6 Å². The second-order valence-electron chi connectivity index (χ2n) is 4.42. The van der Waals surface area contributed by atoms with E-state index in [9.17, 15) is 4.79 Å². The van der Waals surface area contributed by atoms with Crippen molar-refractivity contribution in [3.05, 3.63) is 22.7 Å². The van der Waals surface area contributed by atoms with Gasteiger partial charge in [0.1, 0.15) is 0 Å². The number of amides is 1. The fourth-order valence-electron chi connectivity index (χ4n) is 1.86. The van der Waals surface area contributed by atoms with E-state index in [1.54, 1.807) is 11.9 Å². The Kier molecular flexibility index (Phi) is 2.93. The van der Waals surface area contributed by atoms with E-state index in [0.29, 0.717) is 11.6 Å². The number of nitrogens with zero attached hydrogens (tertiary/aromatic N) is 1. The number of rotatable bonds is 2. The van der Waals surface area contributed by atoms with E-state index in [1.807, 2.05) is 18.2 Å². The maximum atomic E-state index is 12.0. The smallest absolute Gasteiger partial charge is 0.230 e. The first-order valence-corrected chi connectivity index (χ1v) is 6.12. The van der Waals surface area contributed by atoms with Crippen molar-refractivity contribution in [2.75, 3.05) is 17.7 Å². The van der Waals surface area contributed by atoms with Crippen molar-refractivity contribution < 1.29 is 4.79 Å². The monoisotopic (exact) mass is 282 g/mol. The molecule has 2 unspecified atom stereocenters. The Bertz CT molecular complexity index is 433. The first-order valence-electron chi connectivity index (χ1n) is 5.33. The third kappa shape index (κ3) is 2.07. The molecule has 16 heavy (non-hydrogen) atoms. The number of nitrogens with two attached hydrogens (primary N) is 1. The van der Waals surface area contributed by atoms with Crippen molar-refractivity contribution in [2.24, 2.45) is 11.8 Å². The summed E-state index contributed by atoms with van der Waals surface area (Å²) in [6.07, 6.45) is 1.000. The quantitative estimate of drug-likeness (QED) is 0.848. The second kappa shape index (κ2) is 4.09. The third-order valence-corrected chi connectivity index (χ3v) is 3.60. The second-order valence-corrected chi connectivity index (χ2v) is 5.34. The van der Waals surface area contributed by atoms with Crippen molar-refractivity contribution in [2.45, 2.75) is 13.3 Å². The minimum Gasteiger partial charge on any atom is -0.397 e. The van der Waals surface area contributed by atoms with Crippen LogP contribution < -0.4 is 10.6 Å². The van der Waals surface area contributed by atoms with Crippen molar-refractivity contribution in [3.63, 3.8) is 0 Å². The molecule has 1 aromatic rings. The van der Waals surface area contributed by atoms with Crippen LogP contribution in [0.4, 0.5) is 11.4 Å². The normalized spacial score (nSPS) is 22.9. The van der Waals surface area contributed by atoms with Gasteiger partial charge in [-0.3, -0.25) is 4.79 Å². The van der Waals surface area contributed by atoms with Gasteiger partial charge in [-0.05, 0) is 30.5 Å². The lowest BCUT2D eigenvalue weighted by Crippen LogP contribution is -2.28. The van der Waals surface area contributed by atoms with Gasteiger partial charge in [0.25, 0.3) is 0 Å². The molecule has 1 saturated carbocycles. The summed E-state index contributed by atoms with van der Waals surface area (Å²) in [5.74, 6) is 0.876. The number of hydrogen-bond acceptors (Lipinski definition) is 2. The number of nitrogen functional groups attached to an aromatic ring is 1. The molecule has 0 saturated heterocycles. The van der Waals surface area contributed by atoms with Crippen LogP contribution in [0.1, 0.15) is 13.3 Å². The molecular formula is C12H15BrN2O. The lowest BCUT2D eigenvalue weighted by molar-refractivity contribution is -0.119. The summed E-state index contributed by atoms with van der Waals surface area (Å²) in [6.45, 7) is 2.10. The Labute approximate surface area is 104 Å². The summed E-state index contributed by atoms with van der Waals surface area (Å²) >= 11 is 3.35. The van der Waals surface area contributed by atoms with Crippen LogP contribution in [0.5, 0.6) is 0 Å². The Hall–Kier alpha value is -1.03. The van der Waals surface area contributed by atoms with Crippen LogP contribution in [0.3, 0.4) is 0 Å². The van der Waals surface area contributed by atoms with Crippen molar-refractivity contribution in [1.29, 1.82) is 0 Å². The van der Waals surface area contributed by atoms with Gasteiger partial charge in [0.2, 0.25) is 5.91 Å². The van der Waals surface area contributed by atoms with E-state index >= 15 is 0 Å². The van der Waals surface area contributed by atoms with Crippen LogP contribution in [-0.4, -0.2) is 13.0 Å². The molecule has 1 fully saturated rings. The first-order chi connectivity index (χ1) is 7.50. The highest BCUT2D eigenvalue weighted by Gasteiger charge is 2.41. The summed E-state index contributed by atoms with van der Waals surface area (Å²) in [4.78, 5) is 13.7. The zero-order valence-electron chi connectivity index (χ0n) is 9.40. The summed E-state index contributed by atoms with van der Waals surface area (Å²) in [5, 5.41) is 0. The first kappa shape index (κ1) is 11.5. The molecule has 0 radical (unpaired) electrons. The molecule has 2 rings (SSSR count). The number of carbonyl (C=O) groups is 1. The van der Waals surface area contributed by atoms with E-state index in [-0.39, 0.29) is 11.8 Å². The molecule has 1 aliphatic rings. The van der Waals surface area contributed by atoms with Gasteiger partial charge in [0, 0.05) is 17.4 Å². The van der Waals surface area contributed by atoms with Crippen LogP contribution in [0.2, 0.25) is 0 Å². The molecule has 4 heteroatoms. The van der Waals surface area contributed by atoms with Crippen molar-refractivity contribution >= 4 is 33.2 Å². The highest BCUT2D eigenvalue weighted by molar-refractivity contribution is 9.10. The SMILES string of the molecule is CC1CC1C(=O)N(C)c1ccc(Br)cc1N. The number of benzene rings is 1. The van der Waals surface area contributed by atoms with Crippen molar-refractivity contribution in [1.82, 2.24) is 0 Å². The van der Waals surface area contributed by atoms with Crippen LogP contribution >= 0.6 is 15.9 Å². The topological polar surface area (TPSA) is 46.3 Å². The fourth-order valence-corrected chi connectivity index (χ4v) is 2.24. The maximum Gasteiger partial charge on any atom is 0.230 e. The van der Waals surface area contributed by atoms with Crippen LogP contribution in [0.25, 0.3) is 0 Å². The van der Waals surface area contributed by atoms with Gasteiger partial charge in [-0.15, -0.1) is 0 Å². The highest BCUT2D eigenvalue weighted by Crippen LogP contribution is 2.40. The van der Waals surface area contributed by atoms with Gasteiger partial charge in [0.05, 0.1) is 11.4 Å². The molecule has 2 atom stereocenters. The molecule has 0 aromatic heterocycles. The molecule has 86 valence electrons. The highest BCUT2D eigenvalue weighted by atomic mass is 79.9. The van der Waals surface area contributed by atoms with Gasteiger partial charge in [-0.2, -0.15) is 0 Å². The predicted octanol–water partition coefficient (Wildman–Crippen LogP) is 2.65. The average molecular weight is 283 g/mol. The van der Waals surface area contributed by atoms with E-state index in [0.717, 1.165) is 16.6 Å². The molecular weight excluding hydrogens is 268 g/mol. The number of halogens is 1. The summed E-state index contributed by atoms with van der Waals surface area (Å²) in [5.41, 5.74) is 7.30. The van der Waals surface area contributed by atoms with Gasteiger partial charge in [-0.1, -0.05) is 22.9 Å². The molecule has 1 aliphatic carbocycles. The number of carbonyl (C=O) groups excluding carboxylic acids is 1. The minimum atomic E-state index is 0.168. The zero-order valence-corrected chi connectivity index (χ0v) is 11.0. The van der Waals surface area contributed by atoms with Crippen LogP contribution in [-0.2, 0) is 4.79 Å². The maximum absolute atomic E-state index is 12.0. The Morgan fingerprint density at radius 3 is 2.69 bits per heavy atom. The Morgan fingerprint density at radius 2 is 2.19 bits per heavy atom. The third-order valence-electron chi connectivity index (χ3n) is 3.11. The van der Waals surface area contributed by atoms with Gasteiger partial charge >= 0.3 is 0 Å². The Balaban J connectivity index is 2.20. The van der Waals surface area contributed by atoms with Crippen molar-refractivity contribution in [3.8, 4) is 0 Å². The molecule has 2 N–H and O–H groups in total. The van der Waals surface area contributed by atoms with Crippen LogP contribution in [0.15, 0.2) is 22.7 Å². The predicted molar refractivity (Wildman–Crippen MR) is 69.2 cm³/mol. The molecule has 3 nitrogen and oxygen atoms in total. The largest absolute Gasteiger partial charge is 0.397 e. The van der Waals surface area contributed by atoms with E-state index in [2.05, 4.69) is 22.9 Å². The average Bonchev–Trinajstić information content (AvgIpc) is 2.93. The fraction of sp³-hybridized carbons (Fsp3) is 0.417. The van der Waals surface area contributed by atoms with Crippen LogP contribution in [0, 0.1) is 11.8 Å². The Morgan fingerprint density at radius 1 is 1.56 bits per heavy atom. The summed E-state index contributed by atoms with van der Waals surface area (Å²) in [6, 6.07) is 5.58. The molecule has 1 amide bonds. The number of hydrogen-bond donors (Lipinski definition) is 1. The minimum absolute atomic E-state index is 0.168. The molecule has 0 aliphatic heterocycles. The lowest BCUT2D eigenvalue weighted by atomic mass is 10.2. The molecule has 0 bridgehead atoms. The van der Waals surface area contributed by atoms with Gasteiger partial charge in [-0.25, -0.2) is 0 Å². The van der Waals surface area contributed by atoms with Gasteiger partial charge in [0.15, 0.2) is 0 Å². The van der Waals surface area contributed by atoms with E-state index in [1.165, 1.54) is 0 Å². The summed E-state index contributed by atoms with van der Waals surface area (Å²) in [7, 11) is 1.78. The molecule has 0 heterocycles. The number of anilines is 2. The van der Waals surface area contributed by atoms with E-state index in [4.69, 9.17) is 5.73 Å².